The molecule has 1 aromatic heterocycles. The van der Waals surface area contributed by atoms with Crippen molar-refractivity contribution in [1.29, 1.82) is 0 Å². The second-order valence-corrected chi connectivity index (χ2v) is 5.96. The van der Waals surface area contributed by atoms with E-state index in [2.05, 4.69) is 10.3 Å². The Balaban J connectivity index is 1.73. The third kappa shape index (κ3) is 3.98. The van der Waals surface area contributed by atoms with Crippen LogP contribution in [0.25, 0.3) is 0 Å². The molecule has 0 radical (unpaired) electrons. The molecule has 2 amide bonds. The summed E-state index contributed by atoms with van der Waals surface area (Å²) >= 11 is 0. The Morgan fingerprint density at radius 1 is 0.958 bits per heavy atom. The number of likely N-dealkylation sites (tertiary alicyclic amines) is 1. The molecule has 1 aliphatic heterocycles. The molecule has 1 N–H and O–H groups in total. The Bertz CT molecular complexity index is 708. The minimum Gasteiger partial charge on any atom is -0.337 e. The first-order chi connectivity index (χ1) is 11.7. The molecular formula is C19H21N3O2. The van der Waals surface area contributed by atoms with Gasteiger partial charge in [0.15, 0.2) is 0 Å². The van der Waals surface area contributed by atoms with Gasteiger partial charge in [-0.05, 0) is 37.1 Å². The number of carbonyl (C=O) groups excluding carboxylic acids is 2. The molecule has 1 aliphatic rings. The van der Waals surface area contributed by atoms with Crippen LogP contribution in [0.4, 0.5) is 5.69 Å². The summed E-state index contributed by atoms with van der Waals surface area (Å²) < 4.78 is 0. The molecule has 2 heterocycles. The average Bonchev–Trinajstić information content (AvgIpc) is 2.91. The number of nitrogens with zero attached hydrogens (tertiary/aromatic N) is 2. The second kappa shape index (κ2) is 7.73. The fraction of sp³-hybridized carbons (Fsp3) is 0.316. The summed E-state index contributed by atoms with van der Waals surface area (Å²) in [5.74, 6) is -0.334. The quantitative estimate of drug-likeness (QED) is 0.942. The summed E-state index contributed by atoms with van der Waals surface area (Å²) in [4.78, 5) is 31.0. The largest absolute Gasteiger partial charge is 0.337 e. The molecule has 1 fully saturated rings. The number of rotatable bonds is 3. The van der Waals surface area contributed by atoms with Gasteiger partial charge in [-0.15, -0.1) is 0 Å². The Labute approximate surface area is 141 Å². The summed E-state index contributed by atoms with van der Waals surface area (Å²) in [5.41, 5.74) is 1.49. The molecule has 0 bridgehead atoms. The maximum absolute atomic E-state index is 12.6. The third-order valence-electron chi connectivity index (χ3n) is 4.17. The smallest absolute Gasteiger partial charge is 0.272 e. The molecule has 24 heavy (non-hydrogen) atoms. The molecule has 5 nitrogen and oxygen atoms in total. The number of carbonyl (C=O) groups is 2. The Hall–Kier alpha value is -2.69. The third-order valence-corrected chi connectivity index (χ3v) is 4.17. The second-order valence-electron chi connectivity index (χ2n) is 5.96. The molecule has 0 saturated carbocycles. The van der Waals surface area contributed by atoms with Crippen LogP contribution < -0.4 is 5.32 Å². The molecule has 2 aromatic rings. The summed E-state index contributed by atoms with van der Waals surface area (Å²) in [6.45, 7) is 1.53. The maximum atomic E-state index is 12.6. The van der Waals surface area contributed by atoms with Crippen molar-refractivity contribution in [3.05, 3.63) is 59.9 Å². The predicted octanol–water partition coefficient (Wildman–Crippen LogP) is 3.35. The maximum Gasteiger partial charge on any atom is 0.272 e. The van der Waals surface area contributed by atoms with E-state index in [1.54, 1.807) is 12.1 Å². The molecular weight excluding hydrogens is 302 g/mol. The molecule has 0 aliphatic carbocycles. The van der Waals surface area contributed by atoms with Gasteiger partial charge in [0, 0.05) is 30.5 Å². The lowest BCUT2D eigenvalue weighted by Gasteiger charge is -2.19. The zero-order chi connectivity index (χ0) is 16.8. The molecule has 124 valence electrons. The lowest BCUT2D eigenvalue weighted by atomic mass is 10.2. The number of nitrogens with one attached hydrogen (secondary N) is 1. The van der Waals surface area contributed by atoms with Crippen LogP contribution in [-0.2, 0) is 0 Å². The van der Waals surface area contributed by atoms with Crippen LogP contribution in [0.3, 0.4) is 0 Å². The van der Waals surface area contributed by atoms with Crippen LogP contribution in [0.1, 0.15) is 46.5 Å². The fourth-order valence-corrected chi connectivity index (χ4v) is 2.85. The zero-order valence-electron chi connectivity index (χ0n) is 13.6. The van der Waals surface area contributed by atoms with E-state index in [4.69, 9.17) is 0 Å². The summed E-state index contributed by atoms with van der Waals surface area (Å²) in [5, 5.41) is 2.82. The molecule has 5 heteroatoms. The van der Waals surface area contributed by atoms with Gasteiger partial charge in [0.25, 0.3) is 11.8 Å². The van der Waals surface area contributed by atoms with Crippen LogP contribution in [0, 0.1) is 0 Å². The van der Waals surface area contributed by atoms with Crippen molar-refractivity contribution in [2.24, 2.45) is 0 Å². The molecule has 0 atom stereocenters. The standard InChI is InChI=1S/C19H21N3O2/c23-18(21-16-8-4-3-5-9-16)15-10-11-20-17(14-15)19(24)22-12-6-1-2-7-13-22/h3-5,8-11,14H,1-2,6-7,12-13H2,(H,21,23). The number of hydrogen-bond donors (Lipinski definition) is 1. The Morgan fingerprint density at radius 2 is 1.67 bits per heavy atom. The van der Waals surface area contributed by atoms with E-state index in [9.17, 15) is 9.59 Å². The normalized spacial score (nSPS) is 14.8. The van der Waals surface area contributed by atoms with E-state index in [1.807, 2.05) is 35.2 Å². The number of anilines is 1. The highest BCUT2D eigenvalue weighted by molar-refractivity contribution is 6.05. The topological polar surface area (TPSA) is 62.3 Å². The van der Waals surface area contributed by atoms with Gasteiger partial charge in [-0.2, -0.15) is 0 Å². The first kappa shape index (κ1) is 16.2. The molecule has 3 rings (SSSR count). The summed E-state index contributed by atoms with van der Waals surface area (Å²) in [7, 11) is 0. The van der Waals surface area contributed by atoms with Gasteiger partial charge < -0.3 is 10.2 Å². The van der Waals surface area contributed by atoms with Crippen molar-refractivity contribution < 1.29 is 9.59 Å². The van der Waals surface area contributed by atoms with E-state index < -0.39 is 0 Å². The number of para-hydroxylation sites is 1. The van der Waals surface area contributed by atoms with Crippen molar-refractivity contribution in [1.82, 2.24) is 9.88 Å². The van der Waals surface area contributed by atoms with Crippen LogP contribution in [0.5, 0.6) is 0 Å². The van der Waals surface area contributed by atoms with E-state index >= 15 is 0 Å². The minimum absolute atomic E-state index is 0.0914. The van der Waals surface area contributed by atoms with Crippen LogP contribution >= 0.6 is 0 Å². The van der Waals surface area contributed by atoms with Gasteiger partial charge >= 0.3 is 0 Å². The Morgan fingerprint density at radius 3 is 2.38 bits per heavy atom. The molecule has 1 saturated heterocycles. The van der Waals surface area contributed by atoms with Crippen LogP contribution in [-0.4, -0.2) is 34.8 Å². The van der Waals surface area contributed by atoms with Gasteiger partial charge in [0.1, 0.15) is 5.69 Å². The van der Waals surface area contributed by atoms with E-state index in [0.29, 0.717) is 11.3 Å². The lowest BCUT2D eigenvalue weighted by Crippen LogP contribution is -2.32. The van der Waals surface area contributed by atoms with Gasteiger partial charge in [-0.3, -0.25) is 14.6 Å². The zero-order valence-corrected chi connectivity index (χ0v) is 13.6. The number of aromatic nitrogens is 1. The lowest BCUT2D eigenvalue weighted by molar-refractivity contribution is 0.0756. The van der Waals surface area contributed by atoms with Crippen molar-refractivity contribution in [2.75, 3.05) is 18.4 Å². The van der Waals surface area contributed by atoms with Crippen molar-refractivity contribution >= 4 is 17.5 Å². The van der Waals surface area contributed by atoms with Crippen LogP contribution in [0.15, 0.2) is 48.7 Å². The van der Waals surface area contributed by atoms with Crippen molar-refractivity contribution in [2.45, 2.75) is 25.7 Å². The van der Waals surface area contributed by atoms with Gasteiger partial charge in [-0.25, -0.2) is 0 Å². The highest BCUT2D eigenvalue weighted by Crippen LogP contribution is 2.14. The van der Waals surface area contributed by atoms with Crippen LogP contribution in [0.2, 0.25) is 0 Å². The first-order valence-electron chi connectivity index (χ1n) is 8.36. The van der Waals surface area contributed by atoms with E-state index in [-0.39, 0.29) is 11.8 Å². The predicted molar refractivity (Wildman–Crippen MR) is 93.0 cm³/mol. The highest BCUT2D eigenvalue weighted by Gasteiger charge is 2.19. The van der Waals surface area contributed by atoms with Gasteiger partial charge in [0.2, 0.25) is 0 Å². The number of pyridine rings is 1. The van der Waals surface area contributed by atoms with Gasteiger partial charge in [0.05, 0.1) is 0 Å². The number of hydrogen-bond acceptors (Lipinski definition) is 3. The Kier molecular flexibility index (Phi) is 5.21. The number of amides is 2. The number of benzene rings is 1. The molecule has 0 unspecified atom stereocenters. The monoisotopic (exact) mass is 323 g/mol. The van der Waals surface area contributed by atoms with Gasteiger partial charge in [-0.1, -0.05) is 31.0 Å². The van der Waals surface area contributed by atoms with E-state index in [1.165, 1.54) is 6.20 Å². The van der Waals surface area contributed by atoms with Crippen molar-refractivity contribution in [3.63, 3.8) is 0 Å². The molecule has 0 spiro atoms. The van der Waals surface area contributed by atoms with Crippen molar-refractivity contribution in [3.8, 4) is 0 Å². The van der Waals surface area contributed by atoms with E-state index in [0.717, 1.165) is 44.5 Å². The first-order valence-corrected chi connectivity index (χ1v) is 8.36. The minimum atomic E-state index is -0.242. The summed E-state index contributed by atoms with van der Waals surface area (Å²) in [6, 6.07) is 12.4. The fourth-order valence-electron chi connectivity index (χ4n) is 2.85. The highest BCUT2D eigenvalue weighted by atomic mass is 16.2. The molecule has 1 aromatic carbocycles. The average molecular weight is 323 g/mol. The SMILES string of the molecule is O=C(Nc1ccccc1)c1ccnc(C(=O)N2CCCCCC2)c1. The summed E-state index contributed by atoms with van der Waals surface area (Å²) in [6.07, 6.45) is 5.90.